The number of rotatable bonds is 3. The van der Waals surface area contributed by atoms with E-state index in [9.17, 15) is 0 Å². The van der Waals surface area contributed by atoms with E-state index in [4.69, 9.17) is 10.8 Å². The number of aryl methyl sites for hydroxylation is 1. The Balaban J connectivity index is 0.00000144. The molecule has 0 heterocycles. The van der Waals surface area contributed by atoms with E-state index in [2.05, 4.69) is 31.2 Å². The van der Waals surface area contributed by atoms with Gasteiger partial charge >= 0.3 is 0 Å². The first-order valence-electron chi connectivity index (χ1n) is 5.56. The van der Waals surface area contributed by atoms with Crippen molar-refractivity contribution in [3.8, 4) is 0 Å². The van der Waals surface area contributed by atoms with E-state index in [1.165, 1.54) is 21.9 Å². The summed E-state index contributed by atoms with van der Waals surface area (Å²) in [6.07, 6.45) is 0.720. The van der Waals surface area contributed by atoms with Gasteiger partial charge in [0.05, 0.1) is 6.61 Å². The monoisotopic (exact) mass is 251 g/mol. The van der Waals surface area contributed by atoms with Crippen LogP contribution in [0.1, 0.15) is 11.1 Å². The molecule has 0 saturated heterocycles. The van der Waals surface area contributed by atoms with E-state index >= 15 is 0 Å². The number of fused-ring (bicyclic) bond motifs is 1. The quantitative estimate of drug-likeness (QED) is 0.880. The molecule has 0 fully saturated rings. The highest BCUT2D eigenvalue weighted by Crippen LogP contribution is 2.23. The second kappa shape index (κ2) is 6.01. The van der Waals surface area contributed by atoms with E-state index in [0.29, 0.717) is 0 Å². The molecule has 2 aromatic carbocycles. The highest BCUT2D eigenvalue weighted by Gasteiger charge is 2.07. The molecule has 1 atom stereocenters. The van der Waals surface area contributed by atoms with Gasteiger partial charge in [0.15, 0.2) is 0 Å². The Labute approximate surface area is 108 Å². The minimum atomic E-state index is -0.175. The van der Waals surface area contributed by atoms with Gasteiger partial charge in [0.25, 0.3) is 0 Å². The van der Waals surface area contributed by atoms with Gasteiger partial charge in [-0.3, -0.25) is 0 Å². The fourth-order valence-corrected chi connectivity index (χ4v) is 2.04. The summed E-state index contributed by atoms with van der Waals surface area (Å²) in [6, 6.07) is 12.4. The van der Waals surface area contributed by atoms with E-state index < -0.39 is 0 Å². The summed E-state index contributed by atoms with van der Waals surface area (Å²) in [7, 11) is 0. The highest BCUT2D eigenvalue weighted by atomic mass is 35.5. The van der Waals surface area contributed by atoms with Gasteiger partial charge in [-0.05, 0) is 35.2 Å². The van der Waals surface area contributed by atoms with Crippen molar-refractivity contribution in [2.75, 3.05) is 6.61 Å². The Kier molecular flexibility index (Phi) is 4.94. The molecule has 0 spiro atoms. The molecule has 0 aliphatic rings. The van der Waals surface area contributed by atoms with Gasteiger partial charge in [-0.1, -0.05) is 36.4 Å². The summed E-state index contributed by atoms with van der Waals surface area (Å²) >= 11 is 0. The van der Waals surface area contributed by atoms with Crippen molar-refractivity contribution >= 4 is 23.2 Å². The lowest BCUT2D eigenvalue weighted by Gasteiger charge is -2.12. The van der Waals surface area contributed by atoms with Gasteiger partial charge in [0.2, 0.25) is 0 Å². The van der Waals surface area contributed by atoms with Crippen molar-refractivity contribution in [1.82, 2.24) is 0 Å². The summed E-state index contributed by atoms with van der Waals surface area (Å²) < 4.78 is 0. The zero-order chi connectivity index (χ0) is 11.5. The molecule has 0 aromatic heterocycles. The molecule has 0 aliphatic heterocycles. The molecule has 17 heavy (non-hydrogen) atoms. The van der Waals surface area contributed by atoms with Crippen molar-refractivity contribution in [1.29, 1.82) is 0 Å². The molecule has 0 amide bonds. The molecule has 2 nitrogen and oxygen atoms in total. The van der Waals surface area contributed by atoms with Crippen LogP contribution in [0.15, 0.2) is 36.4 Å². The molecular formula is C14H18ClNO. The maximum atomic E-state index is 9.00. The summed E-state index contributed by atoms with van der Waals surface area (Å²) in [5.41, 5.74) is 8.27. The molecular weight excluding hydrogens is 234 g/mol. The second-order valence-corrected chi connectivity index (χ2v) is 4.23. The first kappa shape index (κ1) is 14.0. The number of hydrogen-bond donors (Lipinski definition) is 2. The lowest BCUT2D eigenvalue weighted by Crippen LogP contribution is -2.26. The van der Waals surface area contributed by atoms with E-state index in [1.807, 2.05) is 12.1 Å². The number of hydrogen-bond acceptors (Lipinski definition) is 2. The molecule has 3 N–H and O–H groups in total. The summed E-state index contributed by atoms with van der Waals surface area (Å²) in [5, 5.41) is 11.5. The summed E-state index contributed by atoms with van der Waals surface area (Å²) in [6.45, 7) is 2.14. The maximum Gasteiger partial charge on any atom is 0.0585 e. The number of benzene rings is 2. The van der Waals surface area contributed by atoms with Crippen LogP contribution in [-0.2, 0) is 6.42 Å². The molecule has 3 heteroatoms. The van der Waals surface area contributed by atoms with E-state index in [-0.39, 0.29) is 25.1 Å². The van der Waals surface area contributed by atoms with Crippen molar-refractivity contribution in [3.63, 3.8) is 0 Å². The van der Waals surface area contributed by atoms with Gasteiger partial charge in [0, 0.05) is 6.04 Å². The number of halogens is 1. The third-order valence-electron chi connectivity index (χ3n) is 2.95. The predicted molar refractivity (Wildman–Crippen MR) is 74.7 cm³/mol. The Morgan fingerprint density at radius 1 is 1.12 bits per heavy atom. The number of aliphatic hydroxyl groups is 1. The molecule has 0 bridgehead atoms. The summed E-state index contributed by atoms with van der Waals surface area (Å²) in [4.78, 5) is 0. The molecule has 2 rings (SSSR count). The lowest BCUT2D eigenvalue weighted by molar-refractivity contribution is 0.265. The highest BCUT2D eigenvalue weighted by molar-refractivity contribution is 5.88. The molecule has 0 aliphatic carbocycles. The van der Waals surface area contributed by atoms with Crippen LogP contribution in [0.3, 0.4) is 0 Å². The van der Waals surface area contributed by atoms with Gasteiger partial charge in [0.1, 0.15) is 0 Å². The van der Waals surface area contributed by atoms with Crippen molar-refractivity contribution in [2.45, 2.75) is 19.4 Å². The Morgan fingerprint density at radius 3 is 2.41 bits per heavy atom. The van der Waals surface area contributed by atoms with Crippen LogP contribution >= 0.6 is 12.4 Å². The zero-order valence-corrected chi connectivity index (χ0v) is 10.7. The molecule has 92 valence electrons. The zero-order valence-electron chi connectivity index (χ0n) is 9.89. The van der Waals surface area contributed by atoms with Crippen LogP contribution in [-0.4, -0.2) is 17.8 Å². The van der Waals surface area contributed by atoms with Crippen LogP contribution in [0.4, 0.5) is 0 Å². The van der Waals surface area contributed by atoms with Gasteiger partial charge in [-0.15, -0.1) is 12.4 Å². The van der Waals surface area contributed by atoms with Crippen LogP contribution in [0.25, 0.3) is 10.8 Å². The van der Waals surface area contributed by atoms with Crippen LogP contribution < -0.4 is 5.73 Å². The Hall–Kier alpha value is -1.09. The average molecular weight is 252 g/mol. The van der Waals surface area contributed by atoms with E-state index in [0.717, 1.165) is 6.42 Å². The minimum absolute atomic E-state index is 0. The van der Waals surface area contributed by atoms with Crippen molar-refractivity contribution in [3.05, 3.63) is 47.5 Å². The van der Waals surface area contributed by atoms with Gasteiger partial charge < -0.3 is 10.8 Å². The SMILES string of the molecule is Cc1ccc(CC(N)CO)c2ccccc12.Cl. The Morgan fingerprint density at radius 2 is 1.76 bits per heavy atom. The van der Waals surface area contributed by atoms with Crippen LogP contribution in [0.5, 0.6) is 0 Å². The lowest BCUT2D eigenvalue weighted by atomic mass is 9.96. The first-order chi connectivity index (χ1) is 7.72. The molecule has 1 unspecified atom stereocenters. The fraction of sp³-hybridized carbons (Fsp3) is 0.286. The topological polar surface area (TPSA) is 46.2 Å². The molecule has 2 aromatic rings. The standard InChI is InChI=1S/C14H17NO.ClH/c1-10-6-7-11(8-12(15)9-16)14-5-3-2-4-13(10)14;/h2-7,12,16H,8-9,15H2,1H3;1H. The third kappa shape index (κ3) is 2.97. The number of aliphatic hydroxyl groups excluding tert-OH is 1. The van der Waals surface area contributed by atoms with Crippen LogP contribution in [0, 0.1) is 6.92 Å². The maximum absolute atomic E-state index is 9.00. The van der Waals surface area contributed by atoms with Crippen LogP contribution in [0.2, 0.25) is 0 Å². The average Bonchev–Trinajstić information content (AvgIpc) is 2.33. The fourth-order valence-electron chi connectivity index (χ4n) is 2.04. The normalized spacial score (nSPS) is 12.2. The number of nitrogens with two attached hydrogens (primary N) is 1. The minimum Gasteiger partial charge on any atom is -0.395 e. The van der Waals surface area contributed by atoms with E-state index in [1.54, 1.807) is 0 Å². The largest absolute Gasteiger partial charge is 0.395 e. The predicted octanol–water partition coefficient (Wildman–Crippen LogP) is 2.43. The van der Waals surface area contributed by atoms with Gasteiger partial charge in [-0.25, -0.2) is 0 Å². The second-order valence-electron chi connectivity index (χ2n) is 4.23. The summed E-state index contributed by atoms with van der Waals surface area (Å²) in [5.74, 6) is 0. The first-order valence-corrected chi connectivity index (χ1v) is 5.56. The third-order valence-corrected chi connectivity index (χ3v) is 2.95. The van der Waals surface area contributed by atoms with Crippen molar-refractivity contribution < 1.29 is 5.11 Å². The van der Waals surface area contributed by atoms with Crippen molar-refractivity contribution in [2.24, 2.45) is 5.73 Å². The van der Waals surface area contributed by atoms with Gasteiger partial charge in [-0.2, -0.15) is 0 Å². The molecule has 0 radical (unpaired) electrons. The smallest absolute Gasteiger partial charge is 0.0585 e. The molecule has 0 saturated carbocycles. The Bertz CT molecular complexity index is 499.